The van der Waals surface area contributed by atoms with Gasteiger partial charge in [0.2, 0.25) is 5.91 Å². The van der Waals surface area contributed by atoms with Gasteiger partial charge in [-0.3, -0.25) is 14.7 Å². The van der Waals surface area contributed by atoms with Crippen molar-refractivity contribution in [2.45, 2.75) is 6.42 Å². The standard InChI is InChI=1S/C17H20N4O3/c1-18-16(23)17-4-5-24-9-13(17)8-21(10-17)15(22)11-2-3-14-12(6-11)7-19-20-14/h2-3,6-7,13H,4-5,8-10H2,1H3,(H,18,23)(H,19,20)/t13-,17+/m1/s1. The summed E-state index contributed by atoms with van der Waals surface area (Å²) in [4.78, 5) is 27.2. The van der Waals surface area contributed by atoms with Gasteiger partial charge in [-0.25, -0.2) is 0 Å². The second kappa shape index (κ2) is 5.59. The van der Waals surface area contributed by atoms with Gasteiger partial charge in [0.05, 0.1) is 23.7 Å². The Kier molecular flexibility index (Phi) is 3.53. The molecule has 2 N–H and O–H groups in total. The number of fused-ring (bicyclic) bond motifs is 2. The summed E-state index contributed by atoms with van der Waals surface area (Å²) in [6.07, 6.45) is 2.36. The van der Waals surface area contributed by atoms with Crippen molar-refractivity contribution in [3.63, 3.8) is 0 Å². The van der Waals surface area contributed by atoms with Crippen LogP contribution in [0.1, 0.15) is 16.8 Å². The number of likely N-dealkylation sites (tertiary alicyclic amines) is 1. The van der Waals surface area contributed by atoms with Gasteiger partial charge >= 0.3 is 0 Å². The number of carbonyl (C=O) groups excluding carboxylic acids is 2. The van der Waals surface area contributed by atoms with E-state index >= 15 is 0 Å². The summed E-state index contributed by atoms with van der Waals surface area (Å²) in [5.41, 5.74) is 0.995. The second-order valence-corrected chi connectivity index (χ2v) is 6.61. The van der Waals surface area contributed by atoms with E-state index in [0.717, 1.165) is 10.9 Å². The minimum absolute atomic E-state index is 0.0105. The highest BCUT2D eigenvalue weighted by atomic mass is 16.5. The summed E-state index contributed by atoms with van der Waals surface area (Å²) < 4.78 is 5.55. The highest BCUT2D eigenvalue weighted by Crippen LogP contribution is 2.42. The van der Waals surface area contributed by atoms with Crippen LogP contribution in [0.4, 0.5) is 0 Å². The van der Waals surface area contributed by atoms with E-state index in [1.807, 2.05) is 12.1 Å². The Morgan fingerprint density at radius 1 is 1.46 bits per heavy atom. The lowest BCUT2D eigenvalue weighted by atomic mass is 9.73. The number of rotatable bonds is 2. The largest absolute Gasteiger partial charge is 0.381 e. The van der Waals surface area contributed by atoms with Crippen LogP contribution in [0.15, 0.2) is 24.4 Å². The zero-order chi connectivity index (χ0) is 16.7. The fraction of sp³-hybridized carbons (Fsp3) is 0.471. The van der Waals surface area contributed by atoms with E-state index in [9.17, 15) is 9.59 Å². The van der Waals surface area contributed by atoms with Crippen molar-refractivity contribution in [1.82, 2.24) is 20.4 Å². The molecular weight excluding hydrogens is 308 g/mol. The van der Waals surface area contributed by atoms with E-state index in [2.05, 4.69) is 15.5 Å². The molecule has 2 fully saturated rings. The Bertz CT molecular complexity index is 802. The Labute approximate surface area is 139 Å². The number of benzene rings is 1. The Balaban J connectivity index is 1.62. The van der Waals surface area contributed by atoms with Crippen molar-refractivity contribution < 1.29 is 14.3 Å². The van der Waals surface area contributed by atoms with Crippen molar-refractivity contribution in [2.75, 3.05) is 33.4 Å². The zero-order valence-electron chi connectivity index (χ0n) is 13.5. The molecule has 2 amide bonds. The molecule has 2 atom stereocenters. The van der Waals surface area contributed by atoms with E-state index in [1.165, 1.54) is 0 Å². The zero-order valence-corrected chi connectivity index (χ0v) is 13.5. The van der Waals surface area contributed by atoms with Crippen LogP contribution in [-0.4, -0.2) is 60.3 Å². The lowest BCUT2D eigenvalue weighted by molar-refractivity contribution is -0.138. The van der Waals surface area contributed by atoms with Gasteiger partial charge in [0.15, 0.2) is 0 Å². The Morgan fingerprint density at radius 3 is 3.17 bits per heavy atom. The van der Waals surface area contributed by atoms with Crippen molar-refractivity contribution in [1.29, 1.82) is 0 Å². The normalized spacial score (nSPS) is 26.4. The summed E-state index contributed by atoms with van der Waals surface area (Å²) in [5, 5.41) is 10.5. The number of hydrogen-bond donors (Lipinski definition) is 2. The minimum Gasteiger partial charge on any atom is -0.381 e. The first kappa shape index (κ1) is 15.1. The fourth-order valence-corrected chi connectivity index (χ4v) is 3.98. The molecule has 2 aliphatic heterocycles. The van der Waals surface area contributed by atoms with Crippen LogP contribution < -0.4 is 5.32 Å². The van der Waals surface area contributed by atoms with Crippen LogP contribution in [0.2, 0.25) is 0 Å². The third-order valence-corrected chi connectivity index (χ3v) is 5.36. The fourth-order valence-electron chi connectivity index (χ4n) is 3.98. The number of ether oxygens (including phenoxy) is 1. The van der Waals surface area contributed by atoms with Gasteiger partial charge in [0, 0.05) is 43.6 Å². The van der Waals surface area contributed by atoms with Gasteiger partial charge in [-0.2, -0.15) is 5.10 Å². The molecule has 24 heavy (non-hydrogen) atoms. The maximum absolute atomic E-state index is 12.9. The molecule has 4 rings (SSSR count). The van der Waals surface area contributed by atoms with Crippen LogP contribution in [0.3, 0.4) is 0 Å². The molecule has 1 aromatic carbocycles. The highest BCUT2D eigenvalue weighted by molar-refractivity contribution is 5.98. The number of carbonyl (C=O) groups is 2. The smallest absolute Gasteiger partial charge is 0.253 e. The number of nitrogens with one attached hydrogen (secondary N) is 2. The first-order chi connectivity index (χ1) is 11.6. The van der Waals surface area contributed by atoms with Gasteiger partial charge in [-0.15, -0.1) is 0 Å². The molecule has 7 nitrogen and oxygen atoms in total. The Morgan fingerprint density at radius 2 is 2.33 bits per heavy atom. The first-order valence-corrected chi connectivity index (χ1v) is 8.16. The molecule has 0 bridgehead atoms. The third-order valence-electron chi connectivity index (χ3n) is 5.36. The molecule has 126 valence electrons. The molecule has 3 heterocycles. The molecular formula is C17H20N4O3. The molecule has 0 aliphatic carbocycles. The molecule has 2 aliphatic rings. The lowest BCUT2D eigenvalue weighted by Gasteiger charge is -2.36. The maximum atomic E-state index is 12.9. The quantitative estimate of drug-likeness (QED) is 0.853. The topological polar surface area (TPSA) is 87.3 Å². The van der Waals surface area contributed by atoms with Crippen LogP contribution in [0.5, 0.6) is 0 Å². The van der Waals surface area contributed by atoms with Crippen molar-refractivity contribution in [3.8, 4) is 0 Å². The molecule has 2 saturated heterocycles. The van der Waals surface area contributed by atoms with Gasteiger partial charge in [0.25, 0.3) is 5.91 Å². The van der Waals surface area contributed by atoms with E-state index in [-0.39, 0.29) is 17.7 Å². The summed E-state index contributed by atoms with van der Waals surface area (Å²) in [5.74, 6) is 0.0139. The van der Waals surface area contributed by atoms with Crippen molar-refractivity contribution in [3.05, 3.63) is 30.0 Å². The molecule has 7 heteroatoms. The minimum atomic E-state index is -0.525. The van der Waals surface area contributed by atoms with E-state index in [4.69, 9.17) is 4.74 Å². The summed E-state index contributed by atoms with van der Waals surface area (Å²) in [6, 6.07) is 5.50. The second-order valence-electron chi connectivity index (χ2n) is 6.61. The Hall–Kier alpha value is -2.41. The first-order valence-electron chi connectivity index (χ1n) is 8.16. The number of amides is 2. The molecule has 0 radical (unpaired) electrons. The number of aromatic amines is 1. The third kappa shape index (κ3) is 2.19. The van der Waals surface area contributed by atoms with Gasteiger partial charge in [-0.05, 0) is 24.6 Å². The summed E-state index contributed by atoms with van der Waals surface area (Å²) >= 11 is 0. The monoisotopic (exact) mass is 328 g/mol. The molecule has 0 saturated carbocycles. The van der Waals surface area contributed by atoms with Gasteiger partial charge in [0.1, 0.15) is 0 Å². The maximum Gasteiger partial charge on any atom is 0.253 e. The molecule has 2 aromatic rings. The van der Waals surface area contributed by atoms with E-state index in [0.29, 0.717) is 38.3 Å². The number of nitrogens with zero attached hydrogens (tertiary/aromatic N) is 2. The van der Waals surface area contributed by atoms with Crippen LogP contribution in [0.25, 0.3) is 10.9 Å². The SMILES string of the molecule is CNC(=O)[C@]12CCOC[C@H]1CN(C(=O)c1ccc3[nH]ncc3c1)C2. The lowest BCUT2D eigenvalue weighted by Crippen LogP contribution is -2.49. The van der Waals surface area contributed by atoms with Crippen molar-refractivity contribution in [2.24, 2.45) is 11.3 Å². The van der Waals surface area contributed by atoms with E-state index < -0.39 is 5.41 Å². The number of aromatic nitrogens is 2. The van der Waals surface area contributed by atoms with Crippen LogP contribution in [0, 0.1) is 11.3 Å². The van der Waals surface area contributed by atoms with Gasteiger partial charge < -0.3 is 15.0 Å². The molecule has 0 unspecified atom stereocenters. The predicted molar refractivity (Wildman–Crippen MR) is 87.4 cm³/mol. The van der Waals surface area contributed by atoms with Crippen LogP contribution in [-0.2, 0) is 9.53 Å². The highest BCUT2D eigenvalue weighted by Gasteiger charge is 2.54. The average molecular weight is 328 g/mol. The van der Waals surface area contributed by atoms with E-state index in [1.54, 1.807) is 24.2 Å². The number of hydrogen-bond acceptors (Lipinski definition) is 4. The molecule has 0 spiro atoms. The molecule has 1 aromatic heterocycles. The summed E-state index contributed by atoms with van der Waals surface area (Å²) in [6.45, 7) is 2.09. The summed E-state index contributed by atoms with van der Waals surface area (Å²) in [7, 11) is 1.65. The number of H-pyrrole nitrogens is 1. The van der Waals surface area contributed by atoms with Crippen LogP contribution >= 0.6 is 0 Å². The predicted octanol–water partition coefficient (Wildman–Crippen LogP) is 0.788. The average Bonchev–Trinajstić information content (AvgIpc) is 3.24. The van der Waals surface area contributed by atoms with Gasteiger partial charge in [-0.1, -0.05) is 0 Å². The van der Waals surface area contributed by atoms with Crippen molar-refractivity contribution >= 4 is 22.7 Å².